The van der Waals surface area contributed by atoms with Gasteiger partial charge >= 0.3 is 5.97 Å². The van der Waals surface area contributed by atoms with E-state index in [0.29, 0.717) is 11.3 Å². The first-order valence-corrected chi connectivity index (χ1v) is 7.91. The van der Waals surface area contributed by atoms with Crippen LogP contribution >= 0.6 is 11.3 Å². The normalized spacial score (nSPS) is 12.2. The van der Waals surface area contributed by atoms with Crippen LogP contribution in [0.4, 0.5) is 0 Å². The molecule has 0 spiro atoms. The second kappa shape index (κ2) is 8.04. The van der Waals surface area contributed by atoms with E-state index in [2.05, 4.69) is 12.2 Å². The molecule has 1 unspecified atom stereocenters. The van der Waals surface area contributed by atoms with Crippen molar-refractivity contribution >= 4 is 23.2 Å². The van der Waals surface area contributed by atoms with Crippen LogP contribution in [0.1, 0.15) is 59.6 Å². The highest BCUT2D eigenvalue weighted by atomic mass is 32.1. The molecule has 20 heavy (non-hydrogen) atoms. The number of aryl methyl sites for hydroxylation is 2. The van der Waals surface area contributed by atoms with Gasteiger partial charge in [-0.15, -0.1) is 11.3 Å². The van der Waals surface area contributed by atoms with Crippen molar-refractivity contribution in [2.24, 2.45) is 0 Å². The molecule has 2 N–H and O–H groups in total. The number of amides is 1. The van der Waals surface area contributed by atoms with Crippen molar-refractivity contribution in [3.63, 3.8) is 0 Å². The van der Waals surface area contributed by atoms with Gasteiger partial charge in [-0.2, -0.15) is 0 Å². The topological polar surface area (TPSA) is 66.4 Å². The monoisotopic (exact) mass is 297 g/mol. The molecule has 1 heterocycles. The number of aliphatic carboxylic acids is 1. The van der Waals surface area contributed by atoms with Crippen LogP contribution in [0.3, 0.4) is 0 Å². The molecule has 4 nitrogen and oxygen atoms in total. The van der Waals surface area contributed by atoms with Crippen LogP contribution in [0.2, 0.25) is 0 Å². The lowest BCUT2D eigenvalue weighted by atomic mass is 10.1. The fraction of sp³-hybridized carbons (Fsp3) is 0.600. The van der Waals surface area contributed by atoms with Crippen molar-refractivity contribution in [2.45, 2.75) is 58.9 Å². The number of hydrogen-bond donors (Lipinski definition) is 2. The van der Waals surface area contributed by atoms with Gasteiger partial charge in [-0.25, -0.2) is 0 Å². The average molecular weight is 297 g/mol. The van der Waals surface area contributed by atoms with E-state index in [0.717, 1.165) is 19.3 Å². The van der Waals surface area contributed by atoms with Crippen LogP contribution in [0.25, 0.3) is 0 Å². The molecule has 5 heteroatoms. The smallest absolute Gasteiger partial charge is 0.305 e. The van der Waals surface area contributed by atoms with E-state index in [1.165, 1.54) is 21.8 Å². The number of carbonyl (C=O) groups excluding carboxylic acids is 1. The zero-order chi connectivity index (χ0) is 15.1. The lowest BCUT2D eigenvalue weighted by Crippen LogP contribution is -2.36. The second-order valence-electron chi connectivity index (χ2n) is 5.00. The van der Waals surface area contributed by atoms with E-state index >= 15 is 0 Å². The van der Waals surface area contributed by atoms with Gasteiger partial charge in [-0.3, -0.25) is 9.59 Å². The van der Waals surface area contributed by atoms with Gasteiger partial charge in [0, 0.05) is 10.9 Å². The van der Waals surface area contributed by atoms with E-state index in [4.69, 9.17) is 5.11 Å². The fourth-order valence-corrected chi connectivity index (χ4v) is 3.17. The Kier molecular flexibility index (Phi) is 6.71. The molecule has 0 bridgehead atoms. The summed E-state index contributed by atoms with van der Waals surface area (Å²) in [6.45, 7) is 6.11. The van der Waals surface area contributed by atoms with E-state index in [1.807, 2.05) is 19.9 Å². The SMILES string of the molecule is CCCc1cc(C(=O)NC(CCC)CC(=O)O)sc1C. The largest absolute Gasteiger partial charge is 0.481 e. The van der Waals surface area contributed by atoms with Gasteiger partial charge in [0.15, 0.2) is 0 Å². The van der Waals surface area contributed by atoms with Gasteiger partial charge in [0.05, 0.1) is 11.3 Å². The molecule has 0 aromatic carbocycles. The van der Waals surface area contributed by atoms with Crippen molar-refractivity contribution in [3.05, 3.63) is 21.4 Å². The first-order valence-electron chi connectivity index (χ1n) is 7.09. The maximum atomic E-state index is 12.2. The Labute approximate surface area is 124 Å². The van der Waals surface area contributed by atoms with Gasteiger partial charge < -0.3 is 10.4 Å². The highest BCUT2D eigenvalue weighted by Gasteiger charge is 2.18. The third-order valence-electron chi connectivity index (χ3n) is 3.16. The minimum Gasteiger partial charge on any atom is -0.481 e. The van der Waals surface area contributed by atoms with Gasteiger partial charge in [-0.05, 0) is 31.4 Å². The maximum absolute atomic E-state index is 12.2. The Bertz CT molecular complexity index is 468. The van der Waals surface area contributed by atoms with Crippen molar-refractivity contribution in [2.75, 3.05) is 0 Å². The zero-order valence-corrected chi connectivity index (χ0v) is 13.2. The van der Waals surface area contributed by atoms with Gasteiger partial charge in [0.25, 0.3) is 5.91 Å². The lowest BCUT2D eigenvalue weighted by molar-refractivity contribution is -0.137. The lowest BCUT2D eigenvalue weighted by Gasteiger charge is -2.15. The number of rotatable bonds is 8. The first kappa shape index (κ1) is 16.7. The molecule has 0 radical (unpaired) electrons. The number of carboxylic acids is 1. The molecule has 0 fully saturated rings. The van der Waals surface area contributed by atoms with Crippen LogP contribution in [-0.2, 0) is 11.2 Å². The Morgan fingerprint density at radius 1 is 1.35 bits per heavy atom. The van der Waals surface area contributed by atoms with Crippen LogP contribution in [0.15, 0.2) is 6.07 Å². The third-order valence-corrected chi connectivity index (χ3v) is 4.25. The summed E-state index contributed by atoms with van der Waals surface area (Å²) in [5.41, 5.74) is 1.22. The molecule has 0 aliphatic rings. The predicted molar refractivity (Wildman–Crippen MR) is 81.5 cm³/mol. The van der Waals surface area contributed by atoms with Crippen molar-refractivity contribution < 1.29 is 14.7 Å². The minimum atomic E-state index is -0.877. The Morgan fingerprint density at radius 2 is 2.05 bits per heavy atom. The molecule has 112 valence electrons. The van der Waals surface area contributed by atoms with Crippen LogP contribution in [0.5, 0.6) is 0 Å². The van der Waals surface area contributed by atoms with Crippen molar-refractivity contribution in [1.29, 1.82) is 0 Å². The summed E-state index contributed by atoms with van der Waals surface area (Å²) in [6, 6.07) is 1.64. The Hall–Kier alpha value is -1.36. The Morgan fingerprint density at radius 3 is 2.60 bits per heavy atom. The molecule has 1 aromatic heterocycles. The second-order valence-corrected chi connectivity index (χ2v) is 6.26. The predicted octanol–water partition coefficient (Wildman–Crippen LogP) is 3.38. The first-order chi connectivity index (χ1) is 9.47. The number of nitrogens with one attached hydrogen (secondary N) is 1. The van der Waals surface area contributed by atoms with Crippen LogP contribution in [-0.4, -0.2) is 23.0 Å². The minimum absolute atomic E-state index is 0.0221. The number of hydrogen-bond acceptors (Lipinski definition) is 3. The van der Waals surface area contributed by atoms with Gasteiger partial charge in [0.2, 0.25) is 0 Å². The molecule has 0 saturated carbocycles. The molecule has 1 aromatic rings. The van der Waals surface area contributed by atoms with E-state index in [9.17, 15) is 9.59 Å². The van der Waals surface area contributed by atoms with Crippen LogP contribution < -0.4 is 5.32 Å². The van der Waals surface area contributed by atoms with E-state index in [1.54, 1.807) is 0 Å². The molecule has 0 aliphatic heterocycles. The molecule has 1 amide bonds. The zero-order valence-electron chi connectivity index (χ0n) is 12.4. The number of carbonyl (C=O) groups is 2. The highest BCUT2D eigenvalue weighted by Crippen LogP contribution is 2.23. The fourth-order valence-electron chi connectivity index (χ4n) is 2.19. The summed E-state index contributed by atoms with van der Waals surface area (Å²) >= 11 is 1.48. The van der Waals surface area contributed by atoms with Crippen LogP contribution in [0, 0.1) is 6.92 Å². The molecule has 1 rings (SSSR count). The summed E-state index contributed by atoms with van der Waals surface area (Å²) < 4.78 is 0. The van der Waals surface area contributed by atoms with Gasteiger partial charge in [0.1, 0.15) is 0 Å². The summed E-state index contributed by atoms with van der Waals surface area (Å²) in [5.74, 6) is -1.03. The standard InChI is InChI=1S/C15H23NO3S/c1-4-6-11-8-13(20-10(11)3)15(19)16-12(7-5-2)9-14(17)18/h8,12H,4-7,9H2,1-3H3,(H,16,19)(H,17,18). The quantitative estimate of drug-likeness (QED) is 0.773. The van der Waals surface area contributed by atoms with Crippen molar-refractivity contribution in [1.82, 2.24) is 5.32 Å². The molecule has 0 saturated heterocycles. The average Bonchev–Trinajstić information content (AvgIpc) is 2.71. The maximum Gasteiger partial charge on any atom is 0.305 e. The highest BCUT2D eigenvalue weighted by molar-refractivity contribution is 7.14. The summed E-state index contributed by atoms with van der Waals surface area (Å²) in [7, 11) is 0. The molecular formula is C15H23NO3S. The van der Waals surface area contributed by atoms with Gasteiger partial charge in [-0.1, -0.05) is 26.7 Å². The Balaban J connectivity index is 2.72. The molecule has 1 atom stereocenters. The van der Waals surface area contributed by atoms with E-state index < -0.39 is 5.97 Å². The number of carboxylic acid groups (broad SMARTS) is 1. The third kappa shape index (κ3) is 4.96. The van der Waals surface area contributed by atoms with Crippen molar-refractivity contribution in [3.8, 4) is 0 Å². The summed E-state index contributed by atoms with van der Waals surface area (Å²) in [5, 5.41) is 11.7. The number of thiophene rings is 1. The van der Waals surface area contributed by atoms with E-state index in [-0.39, 0.29) is 18.4 Å². The molecular weight excluding hydrogens is 274 g/mol. The summed E-state index contributed by atoms with van der Waals surface area (Å²) in [6.07, 6.45) is 3.54. The molecule has 0 aliphatic carbocycles. The summed E-state index contributed by atoms with van der Waals surface area (Å²) in [4.78, 5) is 24.8.